The van der Waals surface area contributed by atoms with Gasteiger partial charge in [-0.1, -0.05) is 13.8 Å². The fraction of sp³-hybridized carbons (Fsp3) is 0.350. The number of nitrogens with zero attached hydrogens (tertiary/aromatic N) is 2. The molecule has 0 radical (unpaired) electrons. The van der Waals surface area contributed by atoms with Crippen LogP contribution in [0.25, 0.3) is 21.8 Å². The van der Waals surface area contributed by atoms with Crippen molar-refractivity contribution in [2.45, 2.75) is 13.8 Å². The number of fused-ring (bicyclic) bond motifs is 2. The third-order valence-corrected chi connectivity index (χ3v) is 4.98. The second kappa shape index (κ2) is 9.35. The molecule has 0 bridgehead atoms. The number of rotatable bonds is 8. The number of nitro groups is 1. The number of aromatic amines is 1. The number of anilines is 1. The second-order valence-electron chi connectivity index (χ2n) is 6.46. The Morgan fingerprint density at radius 3 is 2.55 bits per heavy atom. The Hall–Kier alpha value is -3.17. The van der Waals surface area contributed by atoms with Crippen molar-refractivity contribution in [2.75, 3.05) is 38.6 Å². The number of ether oxygens (including phenoxy) is 1. The normalized spacial score (nSPS) is 10.9. The summed E-state index contributed by atoms with van der Waals surface area (Å²) in [6.45, 7) is 7.49. The highest BCUT2D eigenvalue weighted by Gasteiger charge is 2.19. The van der Waals surface area contributed by atoms with Crippen LogP contribution < -0.4 is 15.5 Å². The van der Waals surface area contributed by atoms with Gasteiger partial charge >= 0.3 is 0 Å². The number of pyridine rings is 1. The van der Waals surface area contributed by atoms with Crippen molar-refractivity contribution < 1.29 is 15.1 Å². The van der Waals surface area contributed by atoms with Crippen LogP contribution in [0.1, 0.15) is 13.8 Å². The first-order chi connectivity index (χ1) is 13.5. The van der Waals surface area contributed by atoms with Gasteiger partial charge in [-0.15, -0.1) is 0 Å². The number of non-ortho nitro benzene ring substituents is 1. The fourth-order valence-corrected chi connectivity index (χ4v) is 3.36. The Morgan fingerprint density at radius 2 is 1.93 bits per heavy atom. The molecule has 1 aromatic heterocycles. The van der Waals surface area contributed by atoms with Gasteiger partial charge in [0.1, 0.15) is 11.3 Å². The van der Waals surface area contributed by atoms with Crippen molar-refractivity contribution in [2.24, 2.45) is 0 Å². The molecular weight excluding hydrogens is 376 g/mol. The average molecular weight is 402 g/mol. The molecule has 29 heavy (non-hydrogen) atoms. The van der Waals surface area contributed by atoms with Crippen molar-refractivity contribution >= 4 is 33.2 Å². The Kier molecular flexibility index (Phi) is 7.13. The summed E-state index contributed by atoms with van der Waals surface area (Å²) in [6.07, 6.45) is 0. The van der Waals surface area contributed by atoms with Crippen LogP contribution in [-0.4, -0.2) is 53.6 Å². The predicted octanol–water partition coefficient (Wildman–Crippen LogP) is 2.53. The van der Waals surface area contributed by atoms with Gasteiger partial charge in [-0.25, -0.2) is 0 Å². The van der Waals surface area contributed by atoms with Crippen LogP contribution in [0.3, 0.4) is 0 Å². The van der Waals surface area contributed by atoms with E-state index in [1.807, 2.05) is 0 Å². The van der Waals surface area contributed by atoms with Gasteiger partial charge in [0.2, 0.25) is 0 Å². The maximum Gasteiger partial charge on any atom is 0.293 e. The number of nitrogens with one attached hydrogen (secondary N) is 2. The zero-order valence-corrected chi connectivity index (χ0v) is 16.7. The molecule has 0 saturated heterocycles. The van der Waals surface area contributed by atoms with E-state index in [-0.39, 0.29) is 27.5 Å². The molecular formula is C20H26N4O5. The number of nitro benzene ring substituents is 1. The lowest BCUT2D eigenvalue weighted by Crippen LogP contribution is -2.28. The van der Waals surface area contributed by atoms with Crippen molar-refractivity contribution in [3.63, 3.8) is 0 Å². The summed E-state index contributed by atoms with van der Waals surface area (Å²) in [6, 6.07) is 8.07. The number of benzene rings is 2. The molecule has 9 nitrogen and oxygen atoms in total. The first-order valence-corrected chi connectivity index (χ1v) is 9.27. The molecule has 0 aliphatic rings. The minimum Gasteiger partial charge on any atom is -0.497 e. The number of aromatic nitrogens is 1. The predicted molar refractivity (Wildman–Crippen MR) is 115 cm³/mol. The Labute approximate surface area is 167 Å². The number of likely N-dealkylation sites (N-methyl/N-ethyl adjacent to an activating group) is 1. The van der Waals surface area contributed by atoms with E-state index >= 15 is 0 Å². The smallest absolute Gasteiger partial charge is 0.293 e. The van der Waals surface area contributed by atoms with Gasteiger partial charge in [0.05, 0.1) is 22.9 Å². The van der Waals surface area contributed by atoms with E-state index in [4.69, 9.17) is 4.74 Å². The molecule has 0 saturated carbocycles. The van der Waals surface area contributed by atoms with Crippen LogP contribution in [0.5, 0.6) is 5.75 Å². The second-order valence-corrected chi connectivity index (χ2v) is 6.46. The first kappa shape index (κ1) is 22.1. The zero-order chi connectivity index (χ0) is 20.3. The Balaban J connectivity index is 0.00000300. The molecule has 0 unspecified atom stereocenters. The Morgan fingerprint density at radius 1 is 1.21 bits per heavy atom. The van der Waals surface area contributed by atoms with Gasteiger partial charge in [0.15, 0.2) is 5.43 Å². The molecule has 0 atom stereocenters. The van der Waals surface area contributed by atoms with Crippen molar-refractivity contribution in [1.29, 1.82) is 0 Å². The van der Waals surface area contributed by atoms with E-state index in [1.54, 1.807) is 24.3 Å². The molecule has 0 amide bonds. The largest absolute Gasteiger partial charge is 0.497 e. The number of methoxy groups -OCH3 is 1. The van der Waals surface area contributed by atoms with Crippen LogP contribution in [0.15, 0.2) is 35.1 Å². The summed E-state index contributed by atoms with van der Waals surface area (Å²) in [5, 5.41) is 15.5. The van der Waals surface area contributed by atoms with Crippen molar-refractivity contribution in [3.8, 4) is 5.75 Å². The molecule has 3 rings (SSSR count). The van der Waals surface area contributed by atoms with E-state index < -0.39 is 4.92 Å². The van der Waals surface area contributed by atoms with E-state index in [2.05, 4.69) is 29.0 Å². The van der Waals surface area contributed by atoms with E-state index in [1.165, 1.54) is 13.2 Å². The van der Waals surface area contributed by atoms with Gasteiger partial charge in [0.25, 0.3) is 5.69 Å². The zero-order valence-electron chi connectivity index (χ0n) is 16.7. The molecule has 0 aliphatic heterocycles. The molecule has 0 spiro atoms. The molecule has 0 aliphatic carbocycles. The van der Waals surface area contributed by atoms with Crippen molar-refractivity contribution in [1.82, 2.24) is 9.88 Å². The SMILES string of the molecule is CCN(CC)CCNc1ccc([N+](=O)[O-])c2[nH]c3ccc(OC)cc3c(=O)c12.O. The van der Waals surface area contributed by atoms with E-state index in [0.717, 1.165) is 19.6 Å². The number of hydrogen-bond acceptors (Lipinski definition) is 6. The molecule has 4 N–H and O–H groups in total. The monoisotopic (exact) mass is 402 g/mol. The lowest BCUT2D eigenvalue weighted by molar-refractivity contribution is -0.383. The van der Waals surface area contributed by atoms with Crippen LogP contribution in [0.4, 0.5) is 11.4 Å². The molecule has 9 heteroatoms. The maximum absolute atomic E-state index is 13.2. The van der Waals surface area contributed by atoms with Gasteiger partial charge in [-0.05, 0) is 37.4 Å². The summed E-state index contributed by atoms with van der Waals surface area (Å²) < 4.78 is 5.22. The topological polar surface area (TPSA) is 132 Å². The van der Waals surface area contributed by atoms with Gasteiger partial charge in [0, 0.05) is 30.2 Å². The highest BCUT2D eigenvalue weighted by Crippen LogP contribution is 2.30. The minimum atomic E-state index is -0.479. The Bertz CT molecular complexity index is 1080. The average Bonchev–Trinajstić information content (AvgIpc) is 2.70. The molecule has 1 heterocycles. The third-order valence-electron chi connectivity index (χ3n) is 4.98. The molecule has 3 aromatic rings. The highest BCUT2D eigenvalue weighted by atomic mass is 16.6. The van der Waals surface area contributed by atoms with Crippen LogP contribution in [0.2, 0.25) is 0 Å². The standard InChI is InChI=1S/C20H24N4O4.H2O/c1-4-23(5-2)11-10-21-16-8-9-17(24(26)27)19-18(16)20(25)14-12-13(28-3)6-7-15(14)22-19;/h6-9,12,21H,4-5,10-11H2,1-3H3,(H,22,25);1H2. The summed E-state index contributed by atoms with van der Waals surface area (Å²) >= 11 is 0. The molecule has 156 valence electrons. The molecule has 0 fully saturated rings. The number of H-pyrrole nitrogens is 1. The third kappa shape index (κ3) is 4.30. The quantitative estimate of drug-likeness (QED) is 0.338. The van der Waals surface area contributed by atoms with Crippen LogP contribution in [-0.2, 0) is 0 Å². The lowest BCUT2D eigenvalue weighted by atomic mass is 10.1. The lowest BCUT2D eigenvalue weighted by Gasteiger charge is -2.19. The van der Waals surface area contributed by atoms with Gasteiger partial charge in [-0.3, -0.25) is 14.9 Å². The van der Waals surface area contributed by atoms with E-state index in [0.29, 0.717) is 28.9 Å². The van der Waals surface area contributed by atoms with Crippen LogP contribution >= 0.6 is 0 Å². The summed E-state index contributed by atoms with van der Waals surface area (Å²) in [5.74, 6) is 0.554. The van der Waals surface area contributed by atoms with Gasteiger partial charge in [-0.2, -0.15) is 0 Å². The molecule has 2 aromatic carbocycles. The fourth-order valence-electron chi connectivity index (χ4n) is 3.36. The summed E-state index contributed by atoms with van der Waals surface area (Å²) in [4.78, 5) is 29.5. The summed E-state index contributed by atoms with van der Waals surface area (Å²) in [7, 11) is 1.53. The first-order valence-electron chi connectivity index (χ1n) is 9.27. The van der Waals surface area contributed by atoms with Gasteiger partial charge < -0.3 is 25.4 Å². The van der Waals surface area contributed by atoms with E-state index in [9.17, 15) is 14.9 Å². The van der Waals surface area contributed by atoms with Crippen LogP contribution in [0, 0.1) is 10.1 Å². The minimum absolute atomic E-state index is 0. The summed E-state index contributed by atoms with van der Waals surface area (Å²) in [5.41, 5.74) is 0.941. The maximum atomic E-state index is 13.2. The number of hydrogen-bond donors (Lipinski definition) is 2. The van der Waals surface area contributed by atoms with Crippen molar-refractivity contribution in [3.05, 3.63) is 50.7 Å². The highest BCUT2D eigenvalue weighted by molar-refractivity contribution is 6.03.